The molecule has 1 N–H and O–H groups in total. The fraction of sp³-hybridized carbons (Fsp3) is 0.136. The third-order valence-electron chi connectivity index (χ3n) is 4.59. The minimum atomic E-state index is -0.384. The van der Waals surface area contributed by atoms with Crippen LogP contribution in [0.15, 0.2) is 60.8 Å². The third-order valence-corrected chi connectivity index (χ3v) is 4.59. The Morgan fingerprint density at radius 3 is 2.30 bits per heavy atom. The van der Waals surface area contributed by atoms with Crippen molar-refractivity contribution in [2.75, 3.05) is 26.6 Å². The number of aromatic nitrogens is 3. The number of nitrogens with zero attached hydrogens (tertiary/aromatic N) is 3. The number of rotatable bonds is 6. The van der Waals surface area contributed by atoms with Gasteiger partial charge in [-0.3, -0.25) is 0 Å². The number of carbonyl (C=O) groups excluding carboxylic acids is 1. The monoisotopic (exact) mass is 404 g/mol. The predicted octanol–water partition coefficient (Wildman–Crippen LogP) is 3.94. The van der Waals surface area contributed by atoms with Gasteiger partial charge >= 0.3 is 5.97 Å². The Bertz CT molecular complexity index is 1180. The number of methoxy groups -OCH3 is 3. The number of nitrogens with one attached hydrogen (secondary N) is 1. The average Bonchev–Trinajstić information content (AvgIpc) is 3.21. The van der Waals surface area contributed by atoms with Gasteiger partial charge in [0.15, 0.2) is 5.65 Å². The number of pyridine rings is 1. The van der Waals surface area contributed by atoms with E-state index in [9.17, 15) is 4.79 Å². The molecule has 0 atom stereocenters. The van der Waals surface area contributed by atoms with Crippen molar-refractivity contribution in [2.45, 2.75) is 0 Å². The number of hydrogen-bond acceptors (Lipinski definition) is 7. The lowest BCUT2D eigenvalue weighted by atomic mass is 10.1. The maximum atomic E-state index is 11.6. The molecule has 152 valence electrons. The van der Waals surface area contributed by atoms with Gasteiger partial charge in [-0.15, -0.1) is 5.10 Å². The van der Waals surface area contributed by atoms with E-state index in [1.54, 1.807) is 43.0 Å². The van der Waals surface area contributed by atoms with Crippen LogP contribution in [0.3, 0.4) is 0 Å². The second kappa shape index (κ2) is 8.12. The highest BCUT2D eigenvalue weighted by Gasteiger charge is 2.12. The Hall–Kier alpha value is -4.07. The molecule has 0 aliphatic carbocycles. The molecule has 4 rings (SSSR count). The highest BCUT2D eigenvalue weighted by molar-refractivity contribution is 5.89. The molecule has 30 heavy (non-hydrogen) atoms. The molecule has 0 fully saturated rings. The molecule has 0 saturated carbocycles. The molecular weight excluding hydrogens is 384 g/mol. The van der Waals surface area contributed by atoms with Crippen molar-refractivity contribution in [3.63, 3.8) is 0 Å². The smallest absolute Gasteiger partial charge is 0.337 e. The molecule has 0 spiro atoms. The van der Waals surface area contributed by atoms with E-state index in [4.69, 9.17) is 14.2 Å². The first-order valence-corrected chi connectivity index (χ1v) is 9.15. The summed E-state index contributed by atoms with van der Waals surface area (Å²) in [6.45, 7) is 0. The van der Waals surface area contributed by atoms with Gasteiger partial charge in [-0.2, -0.15) is 4.98 Å². The summed E-state index contributed by atoms with van der Waals surface area (Å²) in [6.07, 6.45) is 1.83. The first kappa shape index (κ1) is 19.3. The zero-order valence-electron chi connectivity index (χ0n) is 16.7. The largest absolute Gasteiger partial charge is 0.497 e. The lowest BCUT2D eigenvalue weighted by Crippen LogP contribution is -2.01. The topological polar surface area (TPSA) is 87.0 Å². The number of ether oxygens (including phenoxy) is 3. The lowest BCUT2D eigenvalue weighted by molar-refractivity contribution is 0.0601. The number of esters is 1. The van der Waals surface area contributed by atoms with E-state index in [1.807, 2.05) is 36.5 Å². The third kappa shape index (κ3) is 3.75. The van der Waals surface area contributed by atoms with Gasteiger partial charge in [-0.25, -0.2) is 9.31 Å². The number of benzene rings is 2. The zero-order valence-corrected chi connectivity index (χ0v) is 16.7. The predicted molar refractivity (Wildman–Crippen MR) is 113 cm³/mol. The van der Waals surface area contributed by atoms with Gasteiger partial charge in [-0.1, -0.05) is 0 Å². The van der Waals surface area contributed by atoms with E-state index in [1.165, 1.54) is 7.11 Å². The Morgan fingerprint density at radius 1 is 0.967 bits per heavy atom. The summed E-state index contributed by atoms with van der Waals surface area (Å²) in [6, 6.07) is 16.4. The molecule has 0 aliphatic rings. The molecule has 2 heterocycles. The summed E-state index contributed by atoms with van der Waals surface area (Å²) in [7, 11) is 4.58. The number of carbonyl (C=O) groups is 1. The van der Waals surface area contributed by atoms with Crippen LogP contribution in [-0.2, 0) is 4.74 Å². The van der Waals surface area contributed by atoms with E-state index >= 15 is 0 Å². The standard InChI is InChI=1S/C22H20N4O4/c1-28-17-11-15(12-18(13-17)29-2)19-5-4-10-26-20(19)24-22(25-26)23-16-8-6-14(7-9-16)21(27)30-3/h4-13H,1-3H3,(H,23,25). The SMILES string of the molecule is COC(=O)c1ccc(Nc2nc3c(-c4cc(OC)cc(OC)c4)cccn3n2)cc1. The Balaban J connectivity index is 1.68. The average molecular weight is 404 g/mol. The van der Waals surface area contributed by atoms with Gasteiger partial charge in [0.25, 0.3) is 0 Å². The molecule has 2 aromatic carbocycles. The number of fused-ring (bicyclic) bond motifs is 1. The van der Waals surface area contributed by atoms with Gasteiger partial charge in [-0.05, 0) is 54.1 Å². The maximum absolute atomic E-state index is 11.6. The fourth-order valence-corrected chi connectivity index (χ4v) is 3.08. The molecule has 8 nitrogen and oxygen atoms in total. The Labute approximate surface area is 173 Å². The molecule has 0 aliphatic heterocycles. The highest BCUT2D eigenvalue weighted by Crippen LogP contribution is 2.32. The Kier molecular flexibility index (Phi) is 5.21. The van der Waals surface area contributed by atoms with E-state index < -0.39 is 0 Å². The molecular formula is C22H20N4O4. The summed E-state index contributed by atoms with van der Waals surface area (Å²) in [5.74, 6) is 1.43. The number of anilines is 2. The quantitative estimate of drug-likeness (QED) is 0.487. The second-order valence-corrected chi connectivity index (χ2v) is 6.42. The van der Waals surface area contributed by atoms with Crippen LogP contribution in [0.4, 0.5) is 11.6 Å². The van der Waals surface area contributed by atoms with Crippen molar-refractivity contribution < 1.29 is 19.0 Å². The van der Waals surface area contributed by atoms with E-state index in [0.29, 0.717) is 28.7 Å². The first-order chi connectivity index (χ1) is 14.6. The normalized spacial score (nSPS) is 10.6. The van der Waals surface area contributed by atoms with Crippen LogP contribution in [0.2, 0.25) is 0 Å². The minimum Gasteiger partial charge on any atom is -0.497 e. The summed E-state index contributed by atoms with van der Waals surface area (Å²) >= 11 is 0. The van der Waals surface area contributed by atoms with E-state index in [0.717, 1.165) is 16.8 Å². The van der Waals surface area contributed by atoms with Gasteiger partial charge in [0.2, 0.25) is 5.95 Å². The van der Waals surface area contributed by atoms with Crippen molar-refractivity contribution in [3.8, 4) is 22.6 Å². The van der Waals surface area contributed by atoms with Gasteiger partial charge in [0.1, 0.15) is 11.5 Å². The van der Waals surface area contributed by atoms with Gasteiger partial charge in [0, 0.05) is 23.5 Å². The number of hydrogen-bond donors (Lipinski definition) is 1. The summed E-state index contributed by atoms with van der Waals surface area (Å²) < 4.78 is 17.2. The van der Waals surface area contributed by atoms with E-state index in [2.05, 4.69) is 15.4 Å². The molecule has 0 radical (unpaired) electrons. The second-order valence-electron chi connectivity index (χ2n) is 6.42. The maximum Gasteiger partial charge on any atom is 0.337 e. The molecule has 0 unspecified atom stereocenters. The van der Waals surface area contributed by atoms with Crippen LogP contribution in [0.1, 0.15) is 10.4 Å². The molecule has 8 heteroatoms. The summed E-state index contributed by atoms with van der Waals surface area (Å²) in [5.41, 5.74) is 3.69. The van der Waals surface area contributed by atoms with Crippen LogP contribution in [0.5, 0.6) is 11.5 Å². The summed E-state index contributed by atoms with van der Waals surface area (Å²) in [5, 5.41) is 7.65. The van der Waals surface area contributed by atoms with Crippen LogP contribution in [-0.4, -0.2) is 41.9 Å². The zero-order chi connectivity index (χ0) is 21.1. The lowest BCUT2D eigenvalue weighted by Gasteiger charge is -2.09. The fourth-order valence-electron chi connectivity index (χ4n) is 3.08. The van der Waals surface area contributed by atoms with Crippen molar-refractivity contribution >= 4 is 23.3 Å². The van der Waals surface area contributed by atoms with Crippen LogP contribution < -0.4 is 14.8 Å². The van der Waals surface area contributed by atoms with Gasteiger partial charge < -0.3 is 19.5 Å². The van der Waals surface area contributed by atoms with E-state index in [-0.39, 0.29) is 5.97 Å². The van der Waals surface area contributed by atoms with Crippen LogP contribution in [0, 0.1) is 0 Å². The summed E-state index contributed by atoms with van der Waals surface area (Å²) in [4.78, 5) is 16.2. The van der Waals surface area contributed by atoms with Crippen molar-refractivity contribution in [1.82, 2.24) is 14.6 Å². The molecule has 4 aromatic rings. The molecule has 0 bridgehead atoms. The van der Waals surface area contributed by atoms with Crippen molar-refractivity contribution in [2.24, 2.45) is 0 Å². The van der Waals surface area contributed by atoms with Gasteiger partial charge in [0.05, 0.1) is 26.9 Å². The molecule has 0 amide bonds. The van der Waals surface area contributed by atoms with Crippen molar-refractivity contribution in [1.29, 1.82) is 0 Å². The van der Waals surface area contributed by atoms with Crippen molar-refractivity contribution in [3.05, 3.63) is 66.4 Å². The van der Waals surface area contributed by atoms with Crippen LogP contribution in [0.25, 0.3) is 16.8 Å². The highest BCUT2D eigenvalue weighted by atomic mass is 16.5. The minimum absolute atomic E-state index is 0.384. The van der Waals surface area contributed by atoms with Crippen LogP contribution >= 0.6 is 0 Å². The molecule has 0 saturated heterocycles. The molecule has 2 aromatic heterocycles. The first-order valence-electron chi connectivity index (χ1n) is 9.15. The Morgan fingerprint density at radius 2 is 1.67 bits per heavy atom.